The van der Waals surface area contributed by atoms with E-state index >= 15 is 0 Å². The van der Waals surface area contributed by atoms with Crippen molar-refractivity contribution in [2.45, 2.75) is 52.2 Å². The quantitative estimate of drug-likeness (QED) is 0.198. The predicted octanol–water partition coefficient (Wildman–Crippen LogP) is 5.16. The molecular weight excluding hydrogens is 416 g/mol. The lowest BCUT2D eigenvalue weighted by molar-refractivity contribution is -0.153. The lowest BCUT2D eigenvalue weighted by atomic mass is 9.96. The molecule has 0 aliphatic heterocycles. The highest BCUT2D eigenvalue weighted by Crippen LogP contribution is 2.48. The van der Waals surface area contributed by atoms with Gasteiger partial charge in [0.1, 0.15) is 23.3 Å². The summed E-state index contributed by atoms with van der Waals surface area (Å²) in [7, 11) is 2.87. The Morgan fingerprint density at radius 3 is 2.41 bits per heavy atom. The van der Waals surface area contributed by atoms with Crippen LogP contribution in [0.5, 0.6) is 11.5 Å². The van der Waals surface area contributed by atoms with Crippen LogP contribution in [-0.2, 0) is 9.53 Å². The number of carbonyl (C=O) groups excluding carboxylic acids is 1. The first-order valence-electron chi connectivity index (χ1n) is 10.1. The second-order valence-corrected chi connectivity index (χ2v) is 8.27. The summed E-state index contributed by atoms with van der Waals surface area (Å²) < 4.78 is 16.9. The minimum atomic E-state index is -1.24. The van der Waals surface area contributed by atoms with E-state index in [1.54, 1.807) is 6.07 Å². The van der Waals surface area contributed by atoms with Gasteiger partial charge in [0.2, 0.25) is 0 Å². The third kappa shape index (κ3) is 5.74. The van der Waals surface area contributed by atoms with Crippen LogP contribution in [0.2, 0.25) is 0 Å². The number of nitrogens with zero attached hydrogens (tertiary/aromatic N) is 1. The third-order valence-electron chi connectivity index (χ3n) is 4.79. The summed E-state index contributed by atoms with van der Waals surface area (Å²) in [5.74, 6) is -0.0143. The molecule has 9 heteroatoms. The van der Waals surface area contributed by atoms with E-state index in [-0.39, 0.29) is 23.5 Å². The number of benzene rings is 2. The van der Waals surface area contributed by atoms with Gasteiger partial charge < -0.3 is 19.3 Å². The molecule has 0 aromatic heterocycles. The number of nitroso groups, excluding NO2 is 1. The number of carbonyl (C=O) groups is 1. The molecule has 0 bridgehead atoms. The van der Waals surface area contributed by atoms with Crippen molar-refractivity contribution in [3.63, 3.8) is 0 Å². The fourth-order valence-electron chi connectivity index (χ4n) is 3.42. The molecule has 1 atom stereocenters. The van der Waals surface area contributed by atoms with Crippen LogP contribution in [0.4, 0.5) is 11.4 Å². The number of methoxy groups -OCH3 is 2. The molecule has 3 N–H and O–H groups in total. The Morgan fingerprint density at radius 2 is 1.91 bits per heavy atom. The van der Waals surface area contributed by atoms with Crippen LogP contribution < -0.4 is 15.0 Å². The molecule has 0 unspecified atom stereocenters. The number of nitrogens with one attached hydrogen (secondary N) is 1. The first-order chi connectivity index (χ1) is 15.1. The maximum Gasteiger partial charge on any atom is 0.309 e. The summed E-state index contributed by atoms with van der Waals surface area (Å²) in [5.41, 5.74) is 2.68. The molecule has 9 nitrogen and oxygen atoms in total. The van der Waals surface area contributed by atoms with E-state index in [1.807, 2.05) is 19.9 Å². The number of hydrogen-bond acceptors (Lipinski definition) is 9. The Balaban J connectivity index is 2.79. The predicted molar refractivity (Wildman–Crippen MR) is 122 cm³/mol. The van der Waals surface area contributed by atoms with E-state index in [2.05, 4.69) is 10.7 Å². The maximum atomic E-state index is 12.5. The van der Waals surface area contributed by atoms with Gasteiger partial charge in [0.05, 0.1) is 42.7 Å². The molecule has 0 aliphatic rings. The van der Waals surface area contributed by atoms with Gasteiger partial charge in [-0.2, -0.15) is 0 Å². The number of aliphatic hydroxyl groups is 1. The summed E-state index contributed by atoms with van der Waals surface area (Å²) in [4.78, 5) is 24.1. The molecule has 0 fully saturated rings. The zero-order chi connectivity index (χ0) is 24.1. The SMILES string of the molecule is COc1cc([C@H](CC=C(C)C)OC(=O)CC(C)(C)O)c(OC)c2c(N=O)ccc(NO)c12. The first kappa shape index (κ1) is 25.1. The Kier molecular flexibility index (Phi) is 8.18. The number of hydrogen-bond donors (Lipinski definition) is 3. The van der Waals surface area contributed by atoms with E-state index < -0.39 is 17.7 Å². The van der Waals surface area contributed by atoms with Crippen LogP contribution >= 0.6 is 0 Å². The Morgan fingerprint density at radius 1 is 1.22 bits per heavy atom. The molecular formula is C23H30N2O7. The molecule has 0 saturated carbocycles. The maximum absolute atomic E-state index is 12.5. The van der Waals surface area contributed by atoms with Crippen molar-refractivity contribution in [1.82, 2.24) is 0 Å². The zero-order valence-electron chi connectivity index (χ0n) is 19.2. The molecule has 0 saturated heterocycles. The first-order valence-corrected chi connectivity index (χ1v) is 10.1. The van der Waals surface area contributed by atoms with Crippen molar-refractivity contribution in [1.29, 1.82) is 0 Å². The van der Waals surface area contributed by atoms with E-state index in [9.17, 15) is 20.0 Å². The molecule has 0 heterocycles. The number of allylic oxidation sites excluding steroid dienone is 1. The topological polar surface area (TPSA) is 127 Å². The van der Waals surface area contributed by atoms with Gasteiger partial charge in [-0.1, -0.05) is 11.6 Å². The van der Waals surface area contributed by atoms with Crippen molar-refractivity contribution in [3.05, 3.63) is 40.3 Å². The van der Waals surface area contributed by atoms with Crippen molar-refractivity contribution < 1.29 is 29.3 Å². The second-order valence-electron chi connectivity index (χ2n) is 8.27. The van der Waals surface area contributed by atoms with Crippen molar-refractivity contribution in [3.8, 4) is 11.5 Å². The average Bonchev–Trinajstić information content (AvgIpc) is 2.73. The van der Waals surface area contributed by atoms with E-state index in [0.717, 1.165) is 5.57 Å². The summed E-state index contributed by atoms with van der Waals surface area (Å²) >= 11 is 0. The van der Waals surface area contributed by atoms with Gasteiger partial charge in [-0.15, -0.1) is 4.91 Å². The number of fused-ring (bicyclic) bond motifs is 1. The van der Waals surface area contributed by atoms with Crippen LogP contribution in [0.15, 0.2) is 35.0 Å². The zero-order valence-corrected chi connectivity index (χ0v) is 19.2. The molecule has 0 radical (unpaired) electrons. The monoisotopic (exact) mass is 446 g/mol. The Bertz CT molecular complexity index is 1020. The molecule has 2 aromatic rings. The average molecular weight is 447 g/mol. The lowest BCUT2D eigenvalue weighted by Gasteiger charge is -2.24. The standard InChI is InChI=1S/C23H30N2O7/c1-13(2)7-10-17(32-19(26)12-23(3,4)27)14-11-18(30-5)20-15(24-28)8-9-16(25-29)21(20)22(14)31-6/h7-9,11,17,24,27-28H,10,12H2,1-6H3/t17-/m0/s1. The van der Waals surface area contributed by atoms with E-state index in [1.165, 1.54) is 40.2 Å². The fraction of sp³-hybridized carbons (Fsp3) is 0.435. The highest BCUT2D eigenvalue weighted by atomic mass is 16.5. The van der Waals surface area contributed by atoms with Crippen molar-refractivity contribution in [2.75, 3.05) is 19.7 Å². The van der Waals surface area contributed by atoms with Gasteiger partial charge in [0, 0.05) is 12.0 Å². The highest BCUT2D eigenvalue weighted by molar-refractivity contribution is 6.08. The van der Waals surface area contributed by atoms with Gasteiger partial charge in [-0.05, 0) is 51.1 Å². The number of esters is 1. The summed E-state index contributed by atoms with van der Waals surface area (Å²) in [6.45, 7) is 6.87. The highest BCUT2D eigenvalue weighted by Gasteiger charge is 2.28. The Hall–Kier alpha value is -3.17. The fourth-order valence-corrected chi connectivity index (χ4v) is 3.42. The molecule has 32 heavy (non-hydrogen) atoms. The summed E-state index contributed by atoms with van der Waals surface area (Å²) in [6, 6.07) is 4.56. The van der Waals surface area contributed by atoms with Crippen LogP contribution in [0, 0.1) is 4.91 Å². The number of rotatable bonds is 10. The van der Waals surface area contributed by atoms with Gasteiger partial charge in [-0.25, -0.2) is 0 Å². The number of anilines is 1. The third-order valence-corrected chi connectivity index (χ3v) is 4.79. The smallest absolute Gasteiger partial charge is 0.309 e. The van der Waals surface area contributed by atoms with E-state index in [0.29, 0.717) is 28.5 Å². The van der Waals surface area contributed by atoms with Crippen LogP contribution in [0.3, 0.4) is 0 Å². The summed E-state index contributed by atoms with van der Waals surface area (Å²) in [5, 5.41) is 23.4. The van der Waals surface area contributed by atoms with Gasteiger partial charge >= 0.3 is 5.97 Å². The normalized spacial score (nSPS) is 12.1. The molecule has 2 aromatic carbocycles. The largest absolute Gasteiger partial charge is 0.496 e. The van der Waals surface area contributed by atoms with Gasteiger partial charge in [0.25, 0.3) is 0 Å². The minimum Gasteiger partial charge on any atom is -0.496 e. The molecule has 0 aliphatic carbocycles. The van der Waals surface area contributed by atoms with Crippen molar-refractivity contribution >= 4 is 28.1 Å². The Labute approximate surface area is 186 Å². The van der Waals surface area contributed by atoms with Crippen LogP contribution in [0.1, 0.15) is 52.2 Å². The van der Waals surface area contributed by atoms with E-state index in [4.69, 9.17) is 14.2 Å². The van der Waals surface area contributed by atoms with Gasteiger partial charge in [-0.3, -0.25) is 15.5 Å². The molecule has 174 valence electrons. The molecule has 0 amide bonds. The van der Waals surface area contributed by atoms with Crippen LogP contribution in [-0.4, -0.2) is 36.1 Å². The van der Waals surface area contributed by atoms with Gasteiger partial charge in [0.15, 0.2) is 0 Å². The molecule has 2 rings (SSSR count). The van der Waals surface area contributed by atoms with Crippen LogP contribution in [0.25, 0.3) is 10.8 Å². The lowest BCUT2D eigenvalue weighted by Crippen LogP contribution is -2.25. The molecule has 0 spiro atoms. The minimum absolute atomic E-state index is 0.0692. The second kappa shape index (κ2) is 10.4. The summed E-state index contributed by atoms with van der Waals surface area (Å²) in [6.07, 6.45) is 1.24. The van der Waals surface area contributed by atoms with Crippen molar-refractivity contribution in [2.24, 2.45) is 5.18 Å². The number of ether oxygens (including phenoxy) is 3.